The first-order valence-electron chi connectivity index (χ1n) is 5.92. The lowest BCUT2D eigenvalue weighted by molar-refractivity contribution is 0.213. The second-order valence-electron chi connectivity index (χ2n) is 4.94. The smallest absolute Gasteiger partial charge is 0.131 e. The highest BCUT2D eigenvalue weighted by molar-refractivity contribution is 9.10. The summed E-state index contributed by atoms with van der Waals surface area (Å²) in [5, 5.41) is 3.49. The van der Waals surface area contributed by atoms with Crippen LogP contribution in [0.3, 0.4) is 0 Å². The fraction of sp³-hybridized carbons (Fsp3) is 0.667. The molecule has 2 saturated heterocycles. The van der Waals surface area contributed by atoms with E-state index >= 15 is 0 Å². The lowest BCUT2D eigenvalue weighted by Gasteiger charge is -2.23. The summed E-state index contributed by atoms with van der Waals surface area (Å²) < 4.78 is 6.58. The van der Waals surface area contributed by atoms with E-state index in [1.54, 1.807) is 6.26 Å². The summed E-state index contributed by atoms with van der Waals surface area (Å²) in [5.74, 6) is 2.72. The SMILES string of the molecule is CC1C2CNCC2CN1Cc1occc1Br. The van der Waals surface area contributed by atoms with Gasteiger partial charge in [-0.1, -0.05) is 0 Å². The number of nitrogens with one attached hydrogen (secondary N) is 1. The molecule has 1 N–H and O–H groups in total. The Morgan fingerprint density at radius 1 is 1.56 bits per heavy atom. The standard InChI is InChI=1S/C12H17BrN2O/c1-8-10-5-14-4-9(10)6-15(8)7-12-11(13)2-3-16-12/h2-3,8-10,14H,4-7H2,1H3. The first-order chi connectivity index (χ1) is 7.75. The molecule has 2 fully saturated rings. The van der Waals surface area contributed by atoms with Crippen molar-refractivity contribution >= 4 is 15.9 Å². The molecule has 3 heterocycles. The predicted molar refractivity (Wildman–Crippen MR) is 66.1 cm³/mol. The molecule has 4 heteroatoms. The Morgan fingerprint density at radius 2 is 2.44 bits per heavy atom. The summed E-state index contributed by atoms with van der Waals surface area (Å²) in [7, 11) is 0. The van der Waals surface area contributed by atoms with Gasteiger partial charge in [-0.25, -0.2) is 0 Å². The monoisotopic (exact) mass is 284 g/mol. The number of likely N-dealkylation sites (tertiary alicyclic amines) is 1. The third-order valence-electron chi connectivity index (χ3n) is 4.09. The summed E-state index contributed by atoms with van der Waals surface area (Å²) in [6, 6.07) is 2.63. The van der Waals surface area contributed by atoms with Gasteiger partial charge in [0.05, 0.1) is 17.3 Å². The van der Waals surface area contributed by atoms with Crippen molar-refractivity contribution in [3.05, 3.63) is 22.6 Å². The molecule has 0 aliphatic carbocycles. The molecule has 3 rings (SSSR count). The topological polar surface area (TPSA) is 28.4 Å². The maximum atomic E-state index is 5.49. The molecular weight excluding hydrogens is 268 g/mol. The first kappa shape index (κ1) is 10.8. The normalized spacial score (nSPS) is 34.5. The van der Waals surface area contributed by atoms with E-state index in [2.05, 4.69) is 33.1 Å². The van der Waals surface area contributed by atoms with Crippen molar-refractivity contribution in [3.8, 4) is 0 Å². The summed E-state index contributed by atoms with van der Waals surface area (Å²) in [6.45, 7) is 6.84. The quantitative estimate of drug-likeness (QED) is 0.902. The molecule has 88 valence electrons. The maximum absolute atomic E-state index is 5.49. The minimum atomic E-state index is 0.664. The van der Waals surface area contributed by atoms with Crippen LogP contribution in [-0.4, -0.2) is 30.6 Å². The van der Waals surface area contributed by atoms with Gasteiger partial charge in [0.25, 0.3) is 0 Å². The van der Waals surface area contributed by atoms with Crippen LogP contribution in [0.15, 0.2) is 21.2 Å². The number of nitrogens with zero attached hydrogens (tertiary/aromatic N) is 1. The molecule has 0 bridgehead atoms. The van der Waals surface area contributed by atoms with Gasteiger partial charge in [-0.2, -0.15) is 0 Å². The van der Waals surface area contributed by atoms with Gasteiger partial charge in [0.1, 0.15) is 5.76 Å². The molecule has 1 aromatic heterocycles. The van der Waals surface area contributed by atoms with Crippen LogP contribution < -0.4 is 5.32 Å². The van der Waals surface area contributed by atoms with Gasteiger partial charge >= 0.3 is 0 Å². The van der Waals surface area contributed by atoms with Crippen LogP contribution in [0.5, 0.6) is 0 Å². The predicted octanol–water partition coefficient (Wildman–Crippen LogP) is 2.08. The van der Waals surface area contributed by atoms with E-state index in [4.69, 9.17) is 4.42 Å². The Bertz CT molecular complexity index is 379. The molecule has 3 atom stereocenters. The molecule has 0 saturated carbocycles. The Morgan fingerprint density at radius 3 is 3.12 bits per heavy atom. The molecule has 16 heavy (non-hydrogen) atoms. The van der Waals surface area contributed by atoms with Gasteiger partial charge in [-0.15, -0.1) is 0 Å². The third-order valence-corrected chi connectivity index (χ3v) is 4.80. The van der Waals surface area contributed by atoms with Gasteiger partial charge < -0.3 is 9.73 Å². The fourth-order valence-corrected chi connectivity index (χ4v) is 3.41. The lowest BCUT2D eigenvalue weighted by Crippen LogP contribution is -2.32. The van der Waals surface area contributed by atoms with Gasteiger partial charge in [-0.3, -0.25) is 4.90 Å². The van der Waals surface area contributed by atoms with E-state index in [1.165, 1.54) is 19.6 Å². The molecule has 2 aliphatic heterocycles. The van der Waals surface area contributed by atoms with Crippen LogP contribution in [-0.2, 0) is 6.54 Å². The van der Waals surface area contributed by atoms with E-state index < -0.39 is 0 Å². The highest BCUT2D eigenvalue weighted by atomic mass is 79.9. The van der Waals surface area contributed by atoms with Crippen LogP contribution in [0, 0.1) is 11.8 Å². The summed E-state index contributed by atoms with van der Waals surface area (Å²) >= 11 is 3.52. The van der Waals surface area contributed by atoms with Gasteiger partial charge in [0.2, 0.25) is 0 Å². The number of fused-ring (bicyclic) bond motifs is 1. The summed E-state index contributed by atoms with van der Waals surface area (Å²) in [6.07, 6.45) is 1.75. The van der Waals surface area contributed by atoms with Crippen molar-refractivity contribution in [2.45, 2.75) is 19.5 Å². The van der Waals surface area contributed by atoms with Gasteiger partial charge in [0, 0.05) is 12.6 Å². The number of furan rings is 1. The number of hydrogen-bond donors (Lipinski definition) is 1. The van der Waals surface area contributed by atoms with E-state index in [1.807, 2.05) is 6.07 Å². The minimum absolute atomic E-state index is 0.664. The fourth-order valence-electron chi connectivity index (χ4n) is 3.09. The van der Waals surface area contributed by atoms with Crippen molar-refractivity contribution < 1.29 is 4.42 Å². The number of hydrogen-bond acceptors (Lipinski definition) is 3. The Labute approximate surface area is 104 Å². The molecule has 2 aliphatic rings. The van der Waals surface area contributed by atoms with Crippen LogP contribution in [0.25, 0.3) is 0 Å². The molecule has 0 amide bonds. The number of halogens is 1. The maximum Gasteiger partial charge on any atom is 0.131 e. The third kappa shape index (κ3) is 1.73. The largest absolute Gasteiger partial charge is 0.467 e. The second-order valence-corrected chi connectivity index (χ2v) is 5.80. The van der Waals surface area contributed by atoms with E-state index in [0.29, 0.717) is 6.04 Å². The van der Waals surface area contributed by atoms with Gasteiger partial charge in [-0.05, 0) is 53.8 Å². The van der Waals surface area contributed by atoms with E-state index in [9.17, 15) is 0 Å². The van der Waals surface area contributed by atoms with Crippen LogP contribution in [0.2, 0.25) is 0 Å². The molecule has 0 aromatic carbocycles. The molecule has 3 nitrogen and oxygen atoms in total. The summed E-state index contributed by atoms with van der Waals surface area (Å²) in [5.41, 5.74) is 0. The molecule has 0 spiro atoms. The zero-order valence-corrected chi connectivity index (χ0v) is 11.0. The Kier molecular flexibility index (Phi) is 2.81. The zero-order chi connectivity index (χ0) is 11.1. The summed E-state index contributed by atoms with van der Waals surface area (Å²) in [4.78, 5) is 2.54. The van der Waals surface area contributed by atoms with Crippen molar-refractivity contribution in [3.63, 3.8) is 0 Å². The van der Waals surface area contributed by atoms with Crippen molar-refractivity contribution in [1.29, 1.82) is 0 Å². The first-order valence-corrected chi connectivity index (χ1v) is 6.71. The molecule has 1 aromatic rings. The highest BCUT2D eigenvalue weighted by Gasteiger charge is 2.41. The molecule has 0 radical (unpaired) electrons. The number of rotatable bonds is 2. The molecule has 3 unspecified atom stereocenters. The Hall–Kier alpha value is -0.320. The average Bonchev–Trinajstić information content (AvgIpc) is 2.91. The van der Waals surface area contributed by atoms with Gasteiger partial charge in [0.15, 0.2) is 0 Å². The Balaban J connectivity index is 1.71. The van der Waals surface area contributed by atoms with E-state index in [-0.39, 0.29) is 0 Å². The zero-order valence-electron chi connectivity index (χ0n) is 9.45. The van der Waals surface area contributed by atoms with E-state index in [0.717, 1.165) is 28.6 Å². The van der Waals surface area contributed by atoms with Crippen molar-refractivity contribution in [1.82, 2.24) is 10.2 Å². The highest BCUT2D eigenvalue weighted by Crippen LogP contribution is 2.34. The lowest BCUT2D eigenvalue weighted by atomic mass is 9.95. The minimum Gasteiger partial charge on any atom is -0.467 e. The van der Waals surface area contributed by atoms with Crippen LogP contribution in [0.1, 0.15) is 12.7 Å². The molecular formula is C12H17BrN2O. The van der Waals surface area contributed by atoms with Crippen molar-refractivity contribution in [2.24, 2.45) is 11.8 Å². The van der Waals surface area contributed by atoms with Crippen LogP contribution >= 0.6 is 15.9 Å². The van der Waals surface area contributed by atoms with Crippen LogP contribution in [0.4, 0.5) is 0 Å². The van der Waals surface area contributed by atoms with Crippen molar-refractivity contribution in [2.75, 3.05) is 19.6 Å². The second kappa shape index (κ2) is 4.17. The average molecular weight is 285 g/mol.